The van der Waals surface area contributed by atoms with Crippen LogP contribution in [-0.4, -0.2) is 36.0 Å². The Morgan fingerprint density at radius 2 is 2.32 bits per heavy atom. The molecule has 1 aliphatic heterocycles. The molecule has 1 aliphatic rings. The minimum absolute atomic E-state index is 0.0268. The number of nitrogens with one attached hydrogen (secondary N) is 3. The van der Waals surface area contributed by atoms with Gasteiger partial charge in [-0.3, -0.25) is 4.79 Å². The van der Waals surface area contributed by atoms with Crippen molar-refractivity contribution >= 4 is 17.3 Å². The Hall–Kier alpha value is -1.59. The lowest BCUT2D eigenvalue weighted by atomic mass is 10.1. The lowest BCUT2D eigenvalue weighted by Crippen LogP contribution is -2.32. The first-order valence-corrected chi connectivity index (χ1v) is 6.92. The van der Waals surface area contributed by atoms with E-state index in [1.807, 2.05) is 13.8 Å². The highest BCUT2D eigenvalue weighted by atomic mass is 16.1. The first-order chi connectivity index (χ1) is 9.04. The molecule has 6 heteroatoms. The number of carbonyl (C=O) groups is 1. The first kappa shape index (κ1) is 15.5. The summed E-state index contributed by atoms with van der Waals surface area (Å²) in [5, 5.41) is 11.4. The molecule has 1 heterocycles. The van der Waals surface area contributed by atoms with E-state index in [1.165, 1.54) is 6.92 Å². The molecule has 6 nitrogen and oxygen atoms in total. The molecule has 0 saturated heterocycles. The van der Waals surface area contributed by atoms with Crippen LogP contribution in [0.15, 0.2) is 10.2 Å². The van der Waals surface area contributed by atoms with Crippen LogP contribution in [0.2, 0.25) is 0 Å². The fraction of sp³-hybridized carbons (Fsp3) is 0.769. The molecule has 2 unspecified atom stereocenters. The van der Waals surface area contributed by atoms with Gasteiger partial charge in [0.1, 0.15) is 5.71 Å². The first-order valence-electron chi connectivity index (χ1n) is 6.92. The summed E-state index contributed by atoms with van der Waals surface area (Å²) in [6, 6.07) is 0.506. The standard InChI is InChI=1S/C13H25N5O/c1-5-12(7-6-8-14-11(4)19)17-18-13-9(2)15-16-10(13)3/h9,12,15,17H,5-8H2,1-4H3,(H,14,19)/b18-13-. The van der Waals surface area contributed by atoms with Gasteiger partial charge in [0.2, 0.25) is 5.91 Å². The number of rotatable bonds is 7. The summed E-state index contributed by atoms with van der Waals surface area (Å²) in [5.41, 5.74) is 8.12. The Morgan fingerprint density at radius 3 is 2.84 bits per heavy atom. The van der Waals surface area contributed by atoms with Crippen molar-refractivity contribution in [1.29, 1.82) is 0 Å². The van der Waals surface area contributed by atoms with E-state index in [4.69, 9.17) is 0 Å². The van der Waals surface area contributed by atoms with Crippen LogP contribution in [0.3, 0.4) is 0 Å². The highest BCUT2D eigenvalue weighted by Gasteiger charge is 2.19. The fourth-order valence-corrected chi connectivity index (χ4v) is 1.94. The van der Waals surface area contributed by atoms with E-state index in [0.717, 1.165) is 37.2 Å². The van der Waals surface area contributed by atoms with E-state index < -0.39 is 0 Å². The predicted molar refractivity (Wildman–Crippen MR) is 78.3 cm³/mol. The van der Waals surface area contributed by atoms with Gasteiger partial charge in [-0.25, -0.2) is 0 Å². The molecular formula is C13H25N5O. The van der Waals surface area contributed by atoms with Crippen LogP contribution in [-0.2, 0) is 4.79 Å². The third-order valence-electron chi connectivity index (χ3n) is 3.17. The summed E-state index contributed by atoms with van der Waals surface area (Å²) >= 11 is 0. The van der Waals surface area contributed by atoms with E-state index in [9.17, 15) is 4.79 Å². The average molecular weight is 267 g/mol. The van der Waals surface area contributed by atoms with Crippen molar-refractivity contribution in [3.05, 3.63) is 0 Å². The monoisotopic (exact) mass is 267 g/mol. The highest BCUT2D eigenvalue weighted by molar-refractivity contribution is 6.44. The van der Waals surface area contributed by atoms with Crippen molar-refractivity contribution in [2.75, 3.05) is 6.54 Å². The Morgan fingerprint density at radius 1 is 1.58 bits per heavy atom. The Bertz CT molecular complexity index is 364. The highest BCUT2D eigenvalue weighted by Crippen LogP contribution is 2.04. The van der Waals surface area contributed by atoms with Crippen LogP contribution >= 0.6 is 0 Å². The number of hydrazone groups is 2. The summed E-state index contributed by atoms with van der Waals surface area (Å²) < 4.78 is 0. The maximum Gasteiger partial charge on any atom is 0.216 e. The van der Waals surface area contributed by atoms with Gasteiger partial charge in [-0.2, -0.15) is 10.2 Å². The molecule has 0 spiro atoms. The van der Waals surface area contributed by atoms with Gasteiger partial charge >= 0.3 is 0 Å². The molecular weight excluding hydrogens is 242 g/mol. The van der Waals surface area contributed by atoms with Crippen LogP contribution in [0.25, 0.3) is 0 Å². The molecule has 108 valence electrons. The molecule has 3 N–H and O–H groups in total. The number of nitrogens with zero attached hydrogens (tertiary/aromatic N) is 2. The summed E-state index contributed by atoms with van der Waals surface area (Å²) in [4.78, 5) is 10.8. The van der Waals surface area contributed by atoms with Crippen LogP contribution in [0.1, 0.15) is 47.0 Å². The molecule has 0 saturated carbocycles. The van der Waals surface area contributed by atoms with E-state index >= 15 is 0 Å². The third kappa shape index (κ3) is 5.28. The van der Waals surface area contributed by atoms with E-state index in [1.54, 1.807) is 0 Å². The number of hydrogen-bond donors (Lipinski definition) is 3. The van der Waals surface area contributed by atoms with Gasteiger partial charge in [-0.05, 0) is 33.1 Å². The molecule has 0 aromatic rings. The largest absolute Gasteiger partial charge is 0.356 e. The van der Waals surface area contributed by atoms with Crippen molar-refractivity contribution in [1.82, 2.24) is 16.2 Å². The van der Waals surface area contributed by atoms with Crippen LogP contribution < -0.4 is 16.2 Å². The molecule has 1 rings (SSSR count). The molecule has 0 bridgehead atoms. The van der Waals surface area contributed by atoms with Gasteiger partial charge in [0.05, 0.1) is 11.8 Å². The summed E-state index contributed by atoms with van der Waals surface area (Å²) in [6.45, 7) is 8.39. The van der Waals surface area contributed by atoms with Crippen molar-refractivity contribution in [3.8, 4) is 0 Å². The quantitative estimate of drug-likeness (QED) is 0.475. The fourth-order valence-electron chi connectivity index (χ4n) is 1.94. The van der Waals surface area contributed by atoms with E-state index in [2.05, 4.69) is 33.3 Å². The molecule has 2 atom stereocenters. The second kappa shape index (κ2) is 7.76. The van der Waals surface area contributed by atoms with Gasteiger partial charge in [-0.1, -0.05) is 6.92 Å². The second-order valence-electron chi connectivity index (χ2n) is 4.90. The van der Waals surface area contributed by atoms with Gasteiger partial charge in [-0.15, -0.1) is 0 Å². The minimum atomic E-state index is 0.0268. The van der Waals surface area contributed by atoms with Gasteiger partial charge in [0, 0.05) is 19.5 Å². The summed E-state index contributed by atoms with van der Waals surface area (Å²) in [7, 11) is 0. The van der Waals surface area contributed by atoms with Crippen LogP contribution in [0, 0.1) is 0 Å². The van der Waals surface area contributed by atoms with Crippen molar-refractivity contribution < 1.29 is 4.79 Å². The van der Waals surface area contributed by atoms with Crippen molar-refractivity contribution in [2.24, 2.45) is 10.2 Å². The maximum absolute atomic E-state index is 10.8. The van der Waals surface area contributed by atoms with Gasteiger partial charge < -0.3 is 16.2 Å². The second-order valence-corrected chi connectivity index (χ2v) is 4.90. The predicted octanol–water partition coefficient (Wildman–Crippen LogP) is 0.995. The molecule has 0 radical (unpaired) electrons. The molecule has 19 heavy (non-hydrogen) atoms. The zero-order chi connectivity index (χ0) is 14.3. The van der Waals surface area contributed by atoms with Crippen molar-refractivity contribution in [2.45, 2.75) is 59.0 Å². The number of carbonyl (C=O) groups excluding carboxylic acids is 1. The SMILES string of the molecule is CCC(CCCNC(C)=O)N/N=C1\C(C)=NNC1C. The molecule has 0 aromatic carbocycles. The van der Waals surface area contributed by atoms with E-state index in [0.29, 0.717) is 6.04 Å². The minimum Gasteiger partial charge on any atom is -0.356 e. The number of amides is 1. The van der Waals surface area contributed by atoms with E-state index in [-0.39, 0.29) is 11.9 Å². The smallest absolute Gasteiger partial charge is 0.216 e. The molecule has 0 aliphatic carbocycles. The maximum atomic E-state index is 10.8. The Labute approximate surface area is 115 Å². The topological polar surface area (TPSA) is 77.9 Å². The lowest BCUT2D eigenvalue weighted by molar-refractivity contribution is -0.118. The zero-order valence-electron chi connectivity index (χ0n) is 12.3. The lowest BCUT2D eigenvalue weighted by Gasteiger charge is -2.16. The Kier molecular flexibility index (Phi) is 6.32. The molecule has 0 fully saturated rings. The molecule has 1 amide bonds. The molecule has 0 aromatic heterocycles. The van der Waals surface area contributed by atoms with Crippen LogP contribution in [0.5, 0.6) is 0 Å². The average Bonchev–Trinajstić information content (AvgIpc) is 2.68. The van der Waals surface area contributed by atoms with Gasteiger partial charge in [0.15, 0.2) is 0 Å². The third-order valence-corrected chi connectivity index (χ3v) is 3.17. The normalized spacial score (nSPS) is 21.8. The zero-order valence-corrected chi connectivity index (χ0v) is 12.3. The van der Waals surface area contributed by atoms with Crippen LogP contribution in [0.4, 0.5) is 0 Å². The van der Waals surface area contributed by atoms with Gasteiger partial charge in [0.25, 0.3) is 0 Å². The summed E-state index contributed by atoms with van der Waals surface area (Å²) in [6.07, 6.45) is 2.96. The summed E-state index contributed by atoms with van der Waals surface area (Å²) in [5.74, 6) is 0.0268. The van der Waals surface area contributed by atoms with Crippen molar-refractivity contribution in [3.63, 3.8) is 0 Å². The number of hydrogen-bond acceptors (Lipinski definition) is 5. The Balaban J connectivity index is 2.34.